The second-order valence-corrected chi connectivity index (χ2v) is 14.4. The summed E-state index contributed by atoms with van der Waals surface area (Å²) in [6, 6.07) is 10.2. The fraction of sp³-hybridized carbons (Fsp3) is 0.755. The van der Waals surface area contributed by atoms with Crippen molar-refractivity contribution in [2.75, 3.05) is 6.16 Å². The summed E-state index contributed by atoms with van der Waals surface area (Å²) in [5, 5.41) is 2.68. The lowest BCUT2D eigenvalue weighted by atomic mass is 9.73. The third kappa shape index (κ3) is 47.9. The maximum absolute atomic E-state index is 12.8. The number of ketones is 3. The summed E-state index contributed by atoms with van der Waals surface area (Å²) in [6.45, 7) is 52.2. The van der Waals surface area contributed by atoms with Gasteiger partial charge in [0, 0.05) is 31.6 Å². The molecule has 1 amide bonds. The molecule has 0 saturated heterocycles. The molecule has 6 heteroatoms. The molecule has 0 aromatic heterocycles. The Labute approximate surface area is 349 Å². The fourth-order valence-electron chi connectivity index (χ4n) is 4.52. The van der Waals surface area contributed by atoms with Crippen LogP contribution >= 0.6 is 8.73 Å². The summed E-state index contributed by atoms with van der Waals surface area (Å²) in [4.78, 5) is 44.4. The molecule has 0 radical (unpaired) electrons. The minimum Gasteiger partial charge on any atom is -0.338 e. The molecule has 1 rings (SSSR count). The number of allylic oxidation sites excluding steroid dienone is 1. The van der Waals surface area contributed by atoms with Gasteiger partial charge in [0.2, 0.25) is 5.91 Å². The first-order valence-electron chi connectivity index (χ1n) is 22.2. The Morgan fingerprint density at radius 3 is 1.27 bits per heavy atom. The molecule has 0 aliphatic rings. The molecule has 330 valence electrons. The zero-order chi connectivity index (χ0) is 45.7. The van der Waals surface area contributed by atoms with Gasteiger partial charge in [0.15, 0.2) is 5.78 Å². The van der Waals surface area contributed by atoms with Gasteiger partial charge >= 0.3 is 0 Å². The van der Waals surface area contributed by atoms with Crippen molar-refractivity contribution in [3.8, 4) is 0 Å². The monoisotopic (exact) mass is 798 g/mol. The summed E-state index contributed by atoms with van der Waals surface area (Å²) in [5.41, 5.74) is 1.82. The molecule has 7 atom stereocenters. The predicted molar refractivity (Wildman–Crippen MR) is 255 cm³/mol. The minimum atomic E-state index is 0.00274. The van der Waals surface area contributed by atoms with E-state index in [-0.39, 0.29) is 23.5 Å². The molecule has 55 heavy (non-hydrogen) atoms. The number of rotatable bonds is 16. The molecule has 0 saturated carbocycles. The van der Waals surface area contributed by atoms with Crippen LogP contribution in [0.2, 0.25) is 0 Å². The van der Waals surface area contributed by atoms with Crippen LogP contribution in [0.4, 0.5) is 0 Å². The van der Waals surface area contributed by atoms with E-state index in [1.807, 2.05) is 101 Å². The number of benzene rings is 1. The van der Waals surface area contributed by atoms with Crippen LogP contribution in [-0.4, -0.2) is 29.4 Å². The zero-order valence-electron chi connectivity index (χ0n) is 41.5. The predicted octanol–water partition coefficient (Wildman–Crippen LogP) is 15.8. The van der Waals surface area contributed by atoms with Gasteiger partial charge in [-0.3, -0.25) is 14.4 Å². The normalized spacial score (nSPS) is 12.5. The van der Waals surface area contributed by atoms with Gasteiger partial charge in [-0.2, -0.15) is 0 Å². The number of hydrogen-bond acceptors (Lipinski definition) is 4. The van der Waals surface area contributed by atoms with Gasteiger partial charge < -0.3 is 9.88 Å². The highest BCUT2D eigenvalue weighted by molar-refractivity contribution is 7.36. The van der Waals surface area contributed by atoms with Crippen molar-refractivity contribution in [1.29, 1.82) is 0 Å². The Morgan fingerprint density at radius 1 is 0.618 bits per heavy atom. The molecular formula is C49H100NO4P. The van der Waals surface area contributed by atoms with Crippen LogP contribution in [0, 0.1) is 35.5 Å². The third-order valence-electron chi connectivity index (χ3n) is 8.53. The van der Waals surface area contributed by atoms with Gasteiger partial charge in [0.05, 0.1) is 0 Å². The molecule has 0 heterocycles. The van der Waals surface area contributed by atoms with Crippen molar-refractivity contribution < 1.29 is 19.2 Å². The van der Waals surface area contributed by atoms with E-state index in [1.54, 1.807) is 13.8 Å². The highest BCUT2D eigenvalue weighted by Crippen LogP contribution is 2.33. The van der Waals surface area contributed by atoms with E-state index in [4.69, 9.17) is 0 Å². The molecule has 0 bridgehead atoms. The van der Waals surface area contributed by atoms with E-state index in [1.165, 1.54) is 6.92 Å². The molecule has 7 unspecified atom stereocenters. The Morgan fingerprint density at radius 2 is 1.02 bits per heavy atom. The molecule has 0 aliphatic carbocycles. The lowest BCUT2D eigenvalue weighted by molar-refractivity contribution is -0.126. The molecule has 0 fully saturated rings. The number of carbonyl (C=O) groups excluding carboxylic acids is 4. The molecule has 5 nitrogen and oxygen atoms in total. The SMILES string of the molecule is C=C(C)C(=O)CC(C)CC.CC.CC.CC.CC.CC.CCC(C(=O)C(C)c1ccccc1)C(C)C(C)C(C)C.CCC(C)CC(C)=O.CCPNC(C)=O. The first-order chi connectivity index (χ1) is 25.9. The minimum absolute atomic E-state index is 0.00274. The van der Waals surface area contributed by atoms with Gasteiger partial charge in [0.1, 0.15) is 11.6 Å². The van der Waals surface area contributed by atoms with Crippen molar-refractivity contribution in [3.05, 3.63) is 48.0 Å². The average Bonchev–Trinajstić information content (AvgIpc) is 3.20. The Bertz CT molecular complexity index is 961. The summed E-state index contributed by atoms with van der Waals surface area (Å²) < 4.78 is 0. The molecule has 0 aliphatic heterocycles. The fourth-order valence-corrected chi connectivity index (χ4v) is 4.94. The van der Waals surface area contributed by atoms with Crippen LogP contribution in [0.3, 0.4) is 0 Å². The first-order valence-corrected chi connectivity index (χ1v) is 23.4. The van der Waals surface area contributed by atoms with Crippen LogP contribution < -0.4 is 5.09 Å². The highest BCUT2D eigenvalue weighted by Gasteiger charge is 2.31. The highest BCUT2D eigenvalue weighted by atomic mass is 31.1. The van der Waals surface area contributed by atoms with Crippen LogP contribution in [-0.2, 0) is 19.2 Å². The topological polar surface area (TPSA) is 80.3 Å². The van der Waals surface area contributed by atoms with Crippen LogP contribution in [0.25, 0.3) is 0 Å². The van der Waals surface area contributed by atoms with E-state index in [0.717, 1.165) is 37.4 Å². The second kappa shape index (κ2) is 54.0. The van der Waals surface area contributed by atoms with E-state index >= 15 is 0 Å². The van der Waals surface area contributed by atoms with Crippen LogP contribution in [0.15, 0.2) is 42.5 Å². The van der Waals surface area contributed by atoms with E-state index in [2.05, 4.69) is 86.1 Å². The molecule has 1 N–H and O–H groups in total. The van der Waals surface area contributed by atoms with Crippen LogP contribution in [0.5, 0.6) is 0 Å². The van der Waals surface area contributed by atoms with E-state index < -0.39 is 0 Å². The number of nitrogens with one attached hydrogen (secondary N) is 1. The standard InChI is InChI=1S/C19H30O.C9H16O.C7H14O.C4H10NOP.5C2H6/c1-7-18(15(5)14(4)13(2)3)19(20)16(6)17-11-9-8-10-12-17;1-5-8(4)6-9(10)7(2)3;1-4-6(2)5-7(3)8;1-3-7-5-4(2)6;5*1-2/h8-16,18H,7H2,1-6H3;8H,2,5-6H2,1,3-4H3;6H,4-5H2,1-3H3;7H,3H2,1-2H3,(H,5,6);5*1-2H3. The summed E-state index contributed by atoms with van der Waals surface area (Å²) in [6.07, 6.45) is 5.56. The smallest absolute Gasteiger partial charge is 0.219 e. The number of amides is 1. The summed E-state index contributed by atoms with van der Waals surface area (Å²) in [7, 11) is 0.596. The van der Waals surface area contributed by atoms with Gasteiger partial charge in [0.25, 0.3) is 0 Å². The van der Waals surface area contributed by atoms with E-state index in [0.29, 0.717) is 61.9 Å². The van der Waals surface area contributed by atoms with Gasteiger partial charge in [-0.15, -0.1) is 0 Å². The molecule has 0 spiro atoms. The second-order valence-electron chi connectivity index (χ2n) is 13.1. The summed E-state index contributed by atoms with van der Waals surface area (Å²) >= 11 is 0. The van der Waals surface area contributed by atoms with Crippen LogP contribution in [0.1, 0.15) is 210 Å². The average molecular weight is 798 g/mol. The number of carbonyl (C=O) groups is 4. The van der Waals surface area contributed by atoms with Gasteiger partial charge in [-0.1, -0.05) is 195 Å². The number of hydrogen-bond donors (Lipinski definition) is 1. The molecular weight excluding hydrogens is 698 g/mol. The van der Waals surface area contributed by atoms with Crippen molar-refractivity contribution in [1.82, 2.24) is 5.09 Å². The lowest BCUT2D eigenvalue weighted by Crippen LogP contribution is -2.31. The Balaban J connectivity index is -0.0000000893. The van der Waals surface area contributed by atoms with Crippen molar-refractivity contribution in [2.24, 2.45) is 35.5 Å². The maximum Gasteiger partial charge on any atom is 0.219 e. The Kier molecular flexibility index (Phi) is 69.3. The summed E-state index contributed by atoms with van der Waals surface area (Å²) in [5.74, 6) is 3.87. The van der Waals surface area contributed by atoms with E-state index in [9.17, 15) is 19.2 Å². The molecule has 1 aromatic carbocycles. The lowest BCUT2D eigenvalue weighted by Gasteiger charge is -2.31. The molecule has 1 aromatic rings. The largest absolute Gasteiger partial charge is 0.338 e. The first kappa shape index (κ1) is 70.7. The third-order valence-corrected chi connectivity index (χ3v) is 9.41. The number of Topliss-reactive ketones (excluding diaryl/α,β-unsaturated/α-hetero) is 3. The van der Waals surface area contributed by atoms with Gasteiger partial charge in [-0.05, 0) is 75.9 Å². The van der Waals surface area contributed by atoms with Crippen molar-refractivity contribution in [3.63, 3.8) is 0 Å². The van der Waals surface area contributed by atoms with Gasteiger partial charge in [-0.25, -0.2) is 0 Å². The zero-order valence-corrected chi connectivity index (χ0v) is 42.5. The quantitative estimate of drug-likeness (QED) is 0.133. The maximum atomic E-state index is 12.8. The van der Waals surface area contributed by atoms with Crippen molar-refractivity contribution in [2.45, 2.75) is 204 Å². The Hall–Kier alpha value is -2.13. The van der Waals surface area contributed by atoms with Crippen molar-refractivity contribution >= 4 is 32.0 Å².